The van der Waals surface area contributed by atoms with Crippen molar-refractivity contribution >= 4 is 44.8 Å². The highest BCUT2D eigenvalue weighted by Gasteiger charge is 2.51. The number of nitrogens with zero attached hydrogens (tertiary/aromatic N) is 4. The molecular weight excluding hydrogens is 559 g/mol. The van der Waals surface area contributed by atoms with Crippen LogP contribution in [0.2, 0.25) is 5.02 Å². The summed E-state index contributed by atoms with van der Waals surface area (Å²) in [7, 11) is -2.24. The van der Waals surface area contributed by atoms with Gasteiger partial charge in [-0.05, 0) is 85.9 Å². The summed E-state index contributed by atoms with van der Waals surface area (Å²) in [5.41, 5.74) is 2.42. The number of rotatable bonds is 6. The van der Waals surface area contributed by atoms with Crippen molar-refractivity contribution in [1.29, 1.82) is 0 Å². The van der Waals surface area contributed by atoms with Crippen LogP contribution in [0.15, 0.2) is 76.8 Å². The van der Waals surface area contributed by atoms with Gasteiger partial charge in [0.25, 0.3) is 0 Å². The minimum atomic E-state index is -3.81. The van der Waals surface area contributed by atoms with Crippen LogP contribution in [0.25, 0.3) is 11.8 Å². The Bertz CT molecular complexity index is 1680. The number of allylic oxidation sites excluding steroid dienone is 1. The summed E-state index contributed by atoms with van der Waals surface area (Å²) >= 11 is 7.26. The highest BCUT2D eigenvalue weighted by Crippen LogP contribution is 2.51. The minimum Gasteiger partial charge on any atom is -0.290 e. The molecule has 2 aromatic carbocycles. The third-order valence-corrected chi connectivity index (χ3v) is 10.7. The Morgan fingerprint density at radius 1 is 1.18 bits per heavy atom. The molecule has 0 bridgehead atoms. The quantitative estimate of drug-likeness (QED) is 0.268. The largest absolute Gasteiger partial charge is 0.290 e. The van der Waals surface area contributed by atoms with Gasteiger partial charge in [-0.25, -0.2) is 22.5 Å². The van der Waals surface area contributed by atoms with Crippen LogP contribution in [0.1, 0.15) is 40.3 Å². The molecule has 1 saturated carbocycles. The summed E-state index contributed by atoms with van der Waals surface area (Å²) in [4.78, 5) is 18.6. The summed E-state index contributed by atoms with van der Waals surface area (Å²) in [6, 6.07) is 11.8. The summed E-state index contributed by atoms with van der Waals surface area (Å²) in [6.45, 7) is 0. The van der Waals surface area contributed by atoms with Gasteiger partial charge in [-0.3, -0.25) is 4.79 Å². The molecule has 11 heteroatoms. The van der Waals surface area contributed by atoms with Gasteiger partial charge in [-0.1, -0.05) is 17.2 Å². The average molecular weight is 583 g/mol. The van der Waals surface area contributed by atoms with E-state index in [1.807, 2.05) is 6.08 Å². The Morgan fingerprint density at radius 2 is 1.92 bits per heavy atom. The van der Waals surface area contributed by atoms with Crippen molar-refractivity contribution in [2.75, 3.05) is 7.05 Å². The molecule has 0 aliphatic heterocycles. The van der Waals surface area contributed by atoms with Crippen LogP contribution >= 0.6 is 22.9 Å². The van der Waals surface area contributed by atoms with E-state index in [1.54, 1.807) is 53.8 Å². The van der Waals surface area contributed by atoms with E-state index in [0.29, 0.717) is 35.7 Å². The van der Waals surface area contributed by atoms with Crippen molar-refractivity contribution in [1.82, 2.24) is 19.1 Å². The normalized spacial score (nSPS) is 20.8. The lowest BCUT2D eigenvalue weighted by Crippen LogP contribution is -2.49. The molecule has 39 heavy (non-hydrogen) atoms. The molecule has 0 radical (unpaired) electrons. The first-order chi connectivity index (χ1) is 18.7. The maximum Gasteiger partial charge on any atom is 0.243 e. The number of ketones is 1. The van der Waals surface area contributed by atoms with Gasteiger partial charge in [0.05, 0.1) is 27.9 Å². The van der Waals surface area contributed by atoms with Gasteiger partial charge in [0, 0.05) is 29.7 Å². The number of carbonyl (C=O) groups is 1. The van der Waals surface area contributed by atoms with Crippen molar-refractivity contribution in [2.24, 2.45) is 5.41 Å². The van der Waals surface area contributed by atoms with Crippen molar-refractivity contribution in [3.8, 4) is 5.69 Å². The standard InChI is InChI=1S/C28H24ClFN4O3S2/c1-33(39(36,37)24-10-3-20(29)4-11-24)23-7-2-19-14-25-18(17-32-34(25)22-8-5-21(30)6-9-22)15-28(19,16-23)26(35)27-31-12-13-38-27/h3-6,8-14,17,23H,2,7,15-16H2,1H3/t23-,28-/m0/s1. The molecule has 0 N–H and O–H groups in total. The first-order valence-electron chi connectivity index (χ1n) is 12.4. The van der Waals surface area contributed by atoms with E-state index in [1.165, 1.54) is 39.9 Å². The Morgan fingerprint density at radius 3 is 2.62 bits per heavy atom. The molecule has 0 unspecified atom stereocenters. The SMILES string of the molecule is CN([C@H]1CCC2=Cc3c(cnn3-c3ccc(F)cc3)C[C@]2(C(=O)c2nccs2)C1)S(=O)(=O)c1ccc(Cl)cc1. The van der Waals surface area contributed by atoms with Gasteiger partial charge in [-0.2, -0.15) is 9.40 Å². The number of fused-ring (bicyclic) bond motifs is 2. The summed E-state index contributed by atoms with van der Waals surface area (Å²) < 4.78 is 43.7. The van der Waals surface area contributed by atoms with Crippen molar-refractivity contribution < 1.29 is 17.6 Å². The van der Waals surface area contributed by atoms with E-state index >= 15 is 0 Å². The van der Waals surface area contributed by atoms with Crippen LogP contribution < -0.4 is 0 Å². The van der Waals surface area contributed by atoms with Gasteiger partial charge < -0.3 is 0 Å². The van der Waals surface area contributed by atoms with E-state index in [2.05, 4.69) is 10.1 Å². The van der Waals surface area contributed by atoms with Crippen LogP contribution in [-0.4, -0.2) is 46.4 Å². The molecule has 6 rings (SSSR count). The van der Waals surface area contributed by atoms with E-state index in [4.69, 9.17) is 11.6 Å². The lowest BCUT2D eigenvalue weighted by molar-refractivity contribution is 0.0752. The van der Waals surface area contributed by atoms with Crippen LogP contribution in [0.4, 0.5) is 4.39 Å². The lowest BCUT2D eigenvalue weighted by Gasteiger charge is -2.45. The van der Waals surface area contributed by atoms with Crippen LogP contribution in [0.5, 0.6) is 0 Å². The summed E-state index contributed by atoms with van der Waals surface area (Å²) in [6.07, 6.45) is 7.14. The van der Waals surface area contributed by atoms with Crippen molar-refractivity contribution in [2.45, 2.75) is 36.6 Å². The second-order valence-electron chi connectivity index (χ2n) is 9.91. The molecule has 200 valence electrons. The number of hydrogen-bond acceptors (Lipinski definition) is 6. The fourth-order valence-electron chi connectivity index (χ4n) is 5.69. The zero-order chi connectivity index (χ0) is 27.4. The lowest BCUT2D eigenvalue weighted by atomic mass is 9.61. The Balaban J connectivity index is 1.40. The Hall–Kier alpha value is -3.18. The average Bonchev–Trinajstić information content (AvgIpc) is 3.61. The molecule has 7 nitrogen and oxygen atoms in total. The third kappa shape index (κ3) is 4.45. The zero-order valence-corrected chi connectivity index (χ0v) is 23.3. The molecular formula is C28H24ClFN4O3S2. The topological polar surface area (TPSA) is 85.2 Å². The van der Waals surface area contributed by atoms with E-state index in [-0.39, 0.29) is 16.5 Å². The van der Waals surface area contributed by atoms with Crippen LogP contribution in [-0.2, 0) is 16.4 Å². The molecule has 0 saturated heterocycles. The molecule has 0 amide bonds. The smallest absolute Gasteiger partial charge is 0.243 e. The molecule has 2 heterocycles. The number of benzene rings is 2. The van der Waals surface area contributed by atoms with Crippen LogP contribution in [0, 0.1) is 11.2 Å². The maximum absolute atomic E-state index is 14.1. The summed E-state index contributed by atoms with van der Waals surface area (Å²) in [5.74, 6) is -0.437. The Labute approximate surface area is 234 Å². The van der Waals surface area contributed by atoms with Crippen molar-refractivity contribution in [3.05, 3.63) is 99.0 Å². The monoisotopic (exact) mass is 582 g/mol. The van der Waals surface area contributed by atoms with Crippen molar-refractivity contribution in [3.63, 3.8) is 0 Å². The predicted octanol–water partition coefficient (Wildman–Crippen LogP) is 5.80. The molecule has 4 aromatic rings. The third-order valence-electron chi connectivity index (χ3n) is 7.77. The van der Waals surface area contributed by atoms with E-state index < -0.39 is 21.5 Å². The van der Waals surface area contributed by atoms with Gasteiger partial charge in [-0.15, -0.1) is 11.3 Å². The minimum absolute atomic E-state index is 0.106. The fourth-order valence-corrected chi connectivity index (χ4v) is 7.88. The first kappa shape index (κ1) is 26.1. The second kappa shape index (κ2) is 9.78. The summed E-state index contributed by atoms with van der Waals surface area (Å²) in [5, 5.41) is 7.18. The fraction of sp³-hybridized carbons (Fsp3) is 0.250. The molecule has 0 spiro atoms. The first-order valence-corrected chi connectivity index (χ1v) is 15.1. The molecule has 1 fully saturated rings. The highest BCUT2D eigenvalue weighted by atomic mass is 35.5. The second-order valence-corrected chi connectivity index (χ2v) is 13.2. The highest BCUT2D eigenvalue weighted by molar-refractivity contribution is 7.89. The number of hydrogen-bond donors (Lipinski definition) is 0. The molecule has 2 atom stereocenters. The molecule has 2 aliphatic carbocycles. The number of halogens is 2. The maximum atomic E-state index is 14.1. The van der Waals surface area contributed by atoms with Crippen LogP contribution in [0.3, 0.4) is 0 Å². The predicted molar refractivity (Wildman–Crippen MR) is 148 cm³/mol. The molecule has 2 aliphatic rings. The van der Waals surface area contributed by atoms with E-state index in [9.17, 15) is 17.6 Å². The number of sulfonamides is 1. The van der Waals surface area contributed by atoms with Gasteiger partial charge in [0.15, 0.2) is 5.01 Å². The number of aromatic nitrogens is 3. The van der Waals surface area contributed by atoms with Gasteiger partial charge >= 0.3 is 0 Å². The van der Waals surface area contributed by atoms with Gasteiger partial charge in [0.1, 0.15) is 5.82 Å². The molecule has 2 aromatic heterocycles. The Kier molecular flexibility index (Phi) is 6.53. The number of carbonyl (C=O) groups excluding carboxylic acids is 1. The van der Waals surface area contributed by atoms with E-state index in [0.717, 1.165) is 22.5 Å². The zero-order valence-electron chi connectivity index (χ0n) is 20.9. The number of Topliss-reactive ketones (excluding diaryl/α,β-unsaturated/α-hetero) is 1. The van der Waals surface area contributed by atoms with Gasteiger partial charge in [0.2, 0.25) is 15.8 Å². The number of thiazole rings is 1.